The number of benzene rings is 1. The summed E-state index contributed by atoms with van der Waals surface area (Å²) in [6.07, 6.45) is 3.26. The third kappa shape index (κ3) is 4.13. The molecule has 0 aromatic heterocycles. The van der Waals surface area contributed by atoms with Crippen LogP contribution in [0.3, 0.4) is 0 Å². The van der Waals surface area contributed by atoms with Gasteiger partial charge in [0.25, 0.3) is 0 Å². The standard InChI is InChI=1S/C10H15NO2S2/c1-14-8-7-11-9-3-5-10(6-4-9)15(2,12)13/h3-6,11H,7-8H2,1-2H3. The van der Waals surface area contributed by atoms with Gasteiger partial charge in [0.2, 0.25) is 0 Å². The Morgan fingerprint density at radius 3 is 2.33 bits per heavy atom. The Balaban J connectivity index is 2.65. The van der Waals surface area contributed by atoms with E-state index in [0.717, 1.165) is 18.0 Å². The van der Waals surface area contributed by atoms with Crippen molar-refractivity contribution < 1.29 is 8.42 Å². The molecule has 0 atom stereocenters. The molecule has 1 N–H and O–H groups in total. The molecule has 0 radical (unpaired) electrons. The summed E-state index contributed by atoms with van der Waals surface area (Å²) in [5.74, 6) is 1.04. The number of hydrogen-bond acceptors (Lipinski definition) is 4. The van der Waals surface area contributed by atoms with Gasteiger partial charge in [0.1, 0.15) is 0 Å². The third-order valence-corrected chi connectivity index (χ3v) is 3.66. The Hall–Kier alpha value is -0.680. The maximum atomic E-state index is 11.2. The third-order valence-electron chi connectivity index (χ3n) is 1.92. The molecule has 0 spiro atoms. The van der Waals surface area contributed by atoms with Crippen molar-refractivity contribution in [1.29, 1.82) is 0 Å². The van der Waals surface area contributed by atoms with Gasteiger partial charge in [-0.05, 0) is 30.5 Å². The van der Waals surface area contributed by atoms with Gasteiger partial charge in [0.05, 0.1) is 4.90 Å². The maximum Gasteiger partial charge on any atom is 0.175 e. The van der Waals surface area contributed by atoms with E-state index in [9.17, 15) is 8.42 Å². The van der Waals surface area contributed by atoms with E-state index in [1.165, 1.54) is 6.26 Å². The summed E-state index contributed by atoms with van der Waals surface area (Å²) >= 11 is 1.77. The highest BCUT2D eigenvalue weighted by molar-refractivity contribution is 7.98. The Labute approximate surface area is 95.2 Å². The van der Waals surface area contributed by atoms with Crippen LogP contribution in [0.4, 0.5) is 5.69 Å². The van der Waals surface area contributed by atoms with Crippen molar-refractivity contribution in [2.24, 2.45) is 0 Å². The highest BCUT2D eigenvalue weighted by Crippen LogP contribution is 2.13. The number of hydrogen-bond donors (Lipinski definition) is 1. The van der Waals surface area contributed by atoms with Gasteiger partial charge in [-0.15, -0.1) is 0 Å². The lowest BCUT2D eigenvalue weighted by Gasteiger charge is -2.05. The first-order valence-electron chi connectivity index (χ1n) is 4.57. The number of rotatable bonds is 5. The van der Waals surface area contributed by atoms with E-state index in [1.54, 1.807) is 36.0 Å². The Bertz CT molecular complexity index is 398. The first-order chi connectivity index (χ1) is 7.04. The quantitative estimate of drug-likeness (QED) is 0.804. The lowest BCUT2D eigenvalue weighted by Crippen LogP contribution is -2.04. The smallest absolute Gasteiger partial charge is 0.175 e. The van der Waals surface area contributed by atoms with Crippen molar-refractivity contribution in [2.45, 2.75) is 4.90 Å². The van der Waals surface area contributed by atoms with E-state index < -0.39 is 9.84 Å². The van der Waals surface area contributed by atoms with Crippen molar-refractivity contribution in [1.82, 2.24) is 0 Å². The molecule has 1 aromatic rings. The van der Waals surface area contributed by atoms with Gasteiger partial charge in [-0.2, -0.15) is 11.8 Å². The zero-order valence-electron chi connectivity index (χ0n) is 8.86. The molecule has 0 amide bonds. The maximum absolute atomic E-state index is 11.2. The molecule has 0 aliphatic carbocycles. The first-order valence-corrected chi connectivity index (χ1v) is 7.85. The van der Waals surface area contributed by atoms with E-state index >= 15 is 0 Å². The van der Waals surface area contributed by atoms with Crippen LogP contribution in [0.15, 0.2) is 29.2 Å². The summed E-state index contributed by atoms with van der Waals surface area (Å²) in [5, 5.41) is 3.21. The van der Waals surface area contributed by atoms with E-state index in [0.29, 0.717) is 4.90 Å². The molecule has 84 valence electrons. The normalized spacial score (nSPS) is 11.3. The molecule has 0 aliphatic heterocycles. The SMILES string of the molecule is CSCCNc1ccc(S(C)(=O)=O)cc1. The molecular formula is C10H15NO2S2. The van der Waals surface area contributed by atoms with Crippen LogP contribution in [-0.4, -0.2) is 33.2 Å². The Morgan fingerprint density at radius 1 is 1.27 bits per heavy atom. The molecule has 0 aliphatic rings. The summed E-state index contributed by atoms with van der Waals surface area (Å²) in [5.41, 5.74) is 0.955. The molecule has 0 unspecified atom stereocenters. The largest absolute Gasteiger partial charge is 0.384 e. The second kappa shape index (κ2) is 5.42. The Morgan fingerprint density at radius 2 is 1.87 bits per heavy atom. The van der Waals surface area contributed by atoms with E-state index in [1.807, 2.05) is 0 Å². The highest BCUT2D eigenvalue weighted by Gasteiger charge is 2.05. The summed E-state index contributed by atoms with van der Waals surface area (Å²) in [4.78, 5) is 0.359. The summed E-state index contributed by atoms with van der Waals surface area (Å²) < 4.78 is 22.4. The predicted molar refractivity (Wildman–Crippen MR) is 66.4 cm³/mol. The monoisotopic (exact) mass is 245 g/mol. The van der Waals surface area contributed by atoms with Crippen molar-refractivity contribution in [3.63, 3.8) is 0 Å². The van der Waals surface area contributed by atoms with Crippen LogP contribution in [0.25, 0.3) is 0 Å². The fourth-order valence-corrected chi connectivity index (χ4v) is 2.05. The minimum absolute atomic E-state index is 0.359. The van der Waals surface area contributed by atoms with Crippen molar-refractivity contribution in [3.05, 3.63) is 24.3 Å². The molecule has 0 heterocycles. The summed E-state index contributed by atoms with van der Waals surface area (Å²) in [7, 11) is -3.08. The fourth-order valence-electron chi connectivity index (χ4n) is 1.12. The molecule has 1 aromatic carbocycles. The lowest BCUT2D eigenvalue weighted by molar-refractivity contribution is 0.602. The van der Waals surface area contributed by atoms with Crippen molar-refractivity contribution in [3.8, 4) is 0 Å². The van der Waals surface area contributed by atoms with E-state index in [4.69, 9.17) is 0 Å². The van der Waals surface area contributed by atoms with Crippen LogP contribution >= 0.6 is 11.8 Å². The van der Waals surface area contributed by atoms with Crippen LogP contribution < -0.4 is 5.32 Å². The number of thioether (sulfide) groups is 1. The molecule has 0 bridgehead atoms. The van der Waals surface area contributed by atoms with Crippen LogP contribution in [-0.2, 0) is 9.84 Å². The highest BCUT2D eigenvalue weighted by atomic mass is 32.2. The molecule has 0 saturated heterocycles. The summed E-state index contributed by atoms with van der Waals surface area (Å²) in [6, 6.07) is 6.82. The van der Waals surface area contributed by atoms with Crippen LogP contribution in [0.5, 0.6) is 0 Å². The van der Waals surface area contributed by atoms with Gasteiger partial charge >= 0.3 is 0 Å². The molecule has 0 fully saturated rings. The van der Waals surface area contributed by atoms with Gasteiger partial charge in [-0.3, -0.25) is 0 Å². The topological polar surface area (TPSA) is 46.2 Å². The second-order valence-corrected chi connectivity index (χ2v) is 6.22. The van der Waals surface area contributed by atoms with E-state index in [2.05, 4.69) is 11.6 Å². The fraction of sp³-hybridized carbons (Fsp3) is 0.400. The molecular weight excluding hydrogens is 230 g/mol. The number of nitrogens with one attached hydrogen (secondary N) is 1. The van der Waals surface area contributed by atoms with Crippen molar-refractivity contribution >= 4 is 27.3 Å². The minimum atomic E-state index is -3.08. The van der Waals surface area contributed by atoms with Crippen molar-refractivity contribution in [2.75, 3.05) is 30.1 Å². The van der Waals surface area contributed by atoms with Crippen LogP contribution in [0.2, 0.25) is 0 Å². The lowest BCUT2D eigenvalue weighted by atomic mass is 10.3. The zero-order chi connectivity index (χ0) is 11.3. The molecule has 5 heteroatoms. The van der Waals surface area contributed by atoms with Gasteiger partial charge in [0, 0.05) is 24.2 Å². The van der Waals surface area contributed by atoms with Gasteiger partial charge < -0.3 is 5.32 Å². The number of anilines is 1. The average molecular weight is 245 g/mol. The molecule has 0 saturated carbocycles. The molecule has 1 rings (SSSR count). The van der Waals surface area contributed by atoms with Gasteiger partial charge in [0.15, 0.2) is 9.84 Å². The Kier molecular flexibility index (Phi) is 4.47. The number of sulfone groups is 1. The van der Waals surface area contributed by atoms with E-state index in [-0.39, 0.29) is 0 Å². The average Bonchev–Trinajstić information content (AvgIpc) is 2.18. The van der Waals surface area contributed by atoms with Crippen LogP contribution in [0, 0.1) is 0 Å². The van der Waals surface area contributed by atoms with Crippen LogP contribution in [0.1, 0.15) is 0 Å². The summed E-state index contributed by atoms with van der Waals surface area (Å²) in [6.45, 7) is 0.888. The molecule has 15 heavy (non-hydrogen) atoms. The molecule has 3 nitrogen and oxygen atoms in total. The predicted octanol–water partition coefficient (Wildman–Crippen LogP) is 1.86. The zero-order valence-corrected chi connectivity index (χ0v) is 10.5. The minimum Gasteiger partial charge on any atom is -0.384 e. The first kappa shape index (κ1) is 12.4. The van der Waals surface area contributed by atoms with Gasteiger partial charge in [-0.1, -0.05) is 0 Å². The second-order valence-electron chi connectivity index (χ2n) is 3.22. The van der Waals surface area contributed by atoms with Gasteiger partial charge in [-0.25, -0.2) is 8.42 Å².